The van der Waals surface area contributed by atoms with Crippen LogP contribution in [0.4, 0.5) is 0 Å². The monoisotopic (exact) mass is 314 g/mol. The summed E-state index contributed by atoms with van der Waals surface area (Å²) in [5.41, 5.74) is 7.59. The Morgan fingerprint density at radius 1 is 0.917 bits per heavy atom. The lowest BCUT2D eigenvalue weighted by molar-refractivity contribution is 0.354. The van der Waals surface area contributed by atoms with Crippen LogP contribution in [0.2, 0.25) is 0 Å². The Kier molecular flexibility index (Phi) is 2.12. The van der Waals surface area contributed by atoms with E-state index in [1.807, 2.05) is 0 Å². The first kappa shape index (κ1) is 12.9. The zero-order valence-corrected chi connectivity index (χ0v) is 13.7. The van der Waals surface area contributed by atoms with E-state index in [0.29, 0.717) is 17.8 Å². The largest absolute Gasteiger partial charge is 0.493 e. The highest BCUT2D eigenvalue weighted by Crippen LogP contribution is 2.86. The van der Waals surface area contributed by atoms with Crippen LogP contribution >= 0.6 is 0 Å². The summed E-state index contributed by atoms with van der Waals surface area (Å²) in [5.74, 6) is 3.34. The first-order valence-corrected chi connectivity index (χ1v) is 8.56. The second-order valence-corrected chi connectivity index (χ2v) is 7.26. The van der Waals surface area contributed by atoms with Gasteiger partial charge in [0, 0.05) is 17.3 Å². The van der Waals surface area contributed by atoms with Crippen LogP contribution in [-0.4, -0.2) is 14.2 Å². The second kappa shape index (κ2) is 3.94. The molecule has 1 saturated carbocycles. The Hall–Kier alpha value is -2.48. The van der Waals surface area contributed by atoms with E-state index in [9.17, 15) is 0 Å². The molecule has 0 bridgehead atoms. The van der Waals surface area contributed by atoms with Gasteiger partial charge in [0.05, 0.1) is 14.2 Å². The van der Waals surface area contributed by atoms with E-state index in [0.717, 1.165) is 11.5 Å². The molecule has 4 atom stereocenters. The Balaban J connectivity index is 1.68. The van der Waals surface area contributed by atoms with Gasteiger partial charge in [-0.3, -0.25) is 0 Å². The van der Waals surface area contributed by atoms with E-state index in [4.69, 9.17) is 9.47 Å². The van der Waals surface area contributed by atoms with Gasteiger partial charge in [0.1, 0.15) is 0 Å². The van der Waals surface area contributed by atoms with Gasteiger partial charge in [0.2, 0.25) is 0 Å². The average Bonchev–Trinajstić information content (AvgIpc) is 3.09. The molecule has 118 valence electrons. The summed E-state index contributed by atoms with van der Waals surface area (Å²) in [5, 5.41) is 0. The van der Waals surface area contributed by atoms with Crippen LogP contribution in [0.1, 0.15) is 34.1 Å². The van der Waals surface area contributed by atoms with E-state index in [2.05, 4.69) is 54.6 Å². The predicted octanol–water partition coefficient (Wildman–Crippen LogP) is 4.52. The van der Waals surface area contributed by atoms with Gasteiger partial charge in [-0.05, 0) is 45.9 Å². The number of fused-ring (bicyclic) bond motifs is 7. The summed E-state index contributed by atoms with van der Waals surface area (Å²) in [6.45, 7) is 0. The fourth-order valence-electron chi connectivity index (χ4n) is 5.88. The number of allylic oxidation sites excluding steroid dienone is 4. The van der Waals surface area contributed by atoms with Gasteiger partial charge in [-0.25, -0.2) is 0 Å². The Morgan fingerprint density at radius 2 is 1.67 bits per heavy atom. The SMILES string of the molecule is COc1cc2c(cc1OC)C1C3C=CC=C4c5ccccc5C2C431. The molecule has 0 heterocycles. The molecule has 2 aromatic rings. The minimum absolute atomic E-state index is 0.248. The third-order valence-electron chi connectivity index (χ3n) is 6.64. The van der Waals surface area contributed by atoms with Gasteiger partial charge in [0.25, 0.3) is 0 Å². The molecule has 0 amide bonds. The molecule has 4 aliphatic carbocycles. The van der Waals surface area contributed by atoms with Crippen molar-refractivity contribution in [3.05, 3.63) is 76.9 Å². The van der Waals surface area contributed by atoms with Crippen molar-refractivity contribution in [2.45, 2.75) is 11.8 Å². The topological polar surface area (TPSA) is 18.5 Å². The van der Waals surface area contributed by atoms with Gasteiger partial charge in [-0.15, -0.1) is 0 Å². The molecule has 24 heavy (non-hydrogen) atoms. The fraction of sp³-hybridized carbons (Fsp3) is 0.273. The first-order valence-electron chi connectivity index (χ1n) is 8.56. The Labute approximate surface area is 141 Å². The number of hydrogen-bond acceptors (Lipinski definition) is 2. The summed E-state index contributed by atoms with van der Waals surface area (Å²) >= 11 is 0. The van der Waals surface area contributed by atoms with E-state index < -0.39 is 0 Å². The van der Waals surface area contributed by atoms with Crippen LogP contribution in [0.25, 0.3) is 5.57 Å². The maximum atomic E-state index is 5.59. The molecule has 6 rings (SSSR count). The molecule has 4 aliphatic rings. The standard InChI is InChI=1S/C22H18O2/c1-23-18-10-14-15(11-19(18)24-2)21-17-9-5-8-16-12-6-3-4-7-13(12)20(14)22(16,17)21/h3-11,17,20-21H,1-2H3. The van der Waals surface area contributed by atoms with E-state index in [1.54, 1.807) is 14.2 Å². The van der Waals surface area contributed by atoms with Crippen molar-refractivity contribution in [3.63, 3.8) is 0 Å². The first-order chi connectivity index (χ1) is 11.8. The number of rotatable bonds is 2. The van der Waals surface area contributed by atoms with Gasteiger partial charge in [0.15, 0.2) is 11.5 Å². The molecule has 0 aromatic heterocycles. The van der Waals surface area contributed by atoms with E-state index in [1.165, 1.54) is 27.8 Å². The van der Waals surface area contributed by atoms with Gasteiger partial charge in [-0.1, -0.05) is 42.5 Å². The van der Waals surface area contributed by atoms with Crippen LogP contribution in [0.3, 0.4) is 0 Å². The van der Waals surface area contributed by atoms with Gasteiger partial charge in [-0.2, -0.15) is 0 Å². The number of ether oxygens (including phenoxy) is 2. The van der Waals surface area contributed by atoms with Crippen LogP contribution in [0.15, 0.2) is 54.6 Å². The summed E-state index contributed by atoms with van der Waals surface area (Å²) in [6, 6.07) is 13.4. The molecular formula is C22H18O2. The van der Waals surface area contributed by atoms with Crippen molar-refractivity contribution in [3.8, 4) is 11.5 Å². The van der Waals surface area contributed by atoms with Gasteiger partial charge >= 0.3 is 0 Å². The van der Waals surface area contributed by atoms with E-state index >= 15 is 0 Å². The van der Waals surface area contributed by atoms with Crippen molar-refractivity contribution >= 4 is 5.57 Å². The van der Waals surface area contributed by atoms with Crippen molar-refractivity contribution in [1.82, 2.24) is 0 Å². The highest BCUT2D eigenvalue weighted by molar-refractivity contribution is 5.91. The lowest BCUT2D eigenvalue weighted by Crippen LogP contribution is -2.11. The van der Waals surface area contributed by atoms with Crippen LogP contribution in [0.5, 0.6) is 11.5 Å². The molecule has 0 aliphatic heterocycles. The van der Waals surface area contributed by atoms with Crippen molar-refractivity contribution in [1.29, 1.82) is 0 Å². The summed E-state index contributed by atoms with van der Waals surface area (Å²) < 4.78 is 11.2. The minimum atomic E-state index is 0.248. The average molecular weight is 314 g/mol. The lowest BCUT2D eigenvalue weighted by Gasteiger charge is -2.22. The molecule has 2 nitrogen and oxygen atoms in total. The molecule has 1 fully saturated rings. The van der Waals surface area contributed by atoms with Crippen LogP contribution < -0.4 is 9.47 Å². The number of hydrogen-bond donors (Lipinski definition) is 0. The molecule has 2 heteroatoms. The van der Waals surface area contributed by atoms with Crippen molar-refractivity contribution in [2.75, 3.05) is 14.2 Å². The normalized spacial score (nSPS) is 32.4. The van der Waals surface area contributed by atoms with Crippen LogP contribution in [0, 0.1) is 11.3 Å². The Morgan fingerprint density at radius 3 is 2.46 bits per heavy atom. The lowest BCUT2D eigenvalue weighted by atomic mass is 9.81. The third-order valence-corrected chi connectivity index (χ3v) is 6.64. The van der Waals surface area contributed by atoms with E-state index in [-0.39, 0.29) is 5.41 Å². The molecule has 1 spiro atoms. The minimum Gasteiger partial charge on any atom is -0.493 e. The highest BCUT2D eigenvalue weighted by Gasteiger charge is 2.77. The summed E-state index contributed by atoms with van der Waals surface area (Å²) in [7, 11) is 3.44. The zero-order chi connectivity index (χ0) is 16.1. The fourth-order valence-corrected chi connectivity index (χ4v) is 5.88. The zero-order valence-electron chi connectivity index (χ0n) is 13.7. The van der Waals surface area contributed by atoms with Crippen molar-refractivity contribution < 1.29 is 9.47 Å². The molecule has 2 aromatic carbocycles. The predicted molar refractivity (Wildman–Crippen MR) is 93.6 cm³/mol. The van der Waals surface area contributed by atoms with Crippen LogP contribution in [-0.2, 0) is 0 Å². The molecule has 0 N–H and O–H groups in total. The second-order valence-electron chi connectivity index (χ2n) is 7.26. The quantitative estimate of drug-likeness (QED) is 0.811. The Bertz CT molecular complexity index is 968. The molecular weight excluding hydrogens is 296 g/mol. The van der Waals surface area contributed by atoms with Gasteiger partial charge < -0.3 is 9.47 Å². The molecule has 0 saturated heterocycles. The smallest absolute Gasteiger partial charge is 0.161 e. The van der Waals surface area contributed by atoms with Crippen molar-refractivity contribution in [2.24, 2.45) is 11.3 Å². The summed E-state index contributed by atoms with van der Waals surface area (Å²) in [6.07, 6.45) is 7.01. The maximum Gasteiger partial charge on any atom is 0.161 e. The number of methoxy groups -OCH3 is 2. The molecule has 4 unspecified atom stereocenters. The summed E-state index contributed by atoms with van der Waals surface area (Å²) in [4.78, 5) is 0. The number of benzene rings is 2. The highest BCUT2D eigenvalue weighted by atomic mass is 16.5. The molecule has 0 radical (unpaired) electrons. The third kappa shape index (κ3) is 1.14. The maximum absolute atomic E-state index is 5.59.